The predicted octanol–water partition coefficient (Wildman–Crippen LogP) is 3.56. The number of aryl methyl sites for hydroxylation is 1. The monoisotopic (exact) mass is 369 g/mol. The molecule has 136 valence electrons. The number of β-amino-alcohol motifs (C(OH)–C–C–N with tert-alkyl or cyclic N) is 1. The average molecular weight is 370 g/mol. The topological polar surface area (TPSA) is 35.7 Å². The van der Waals surface area contributed by atoms with Gasteiger partial charge in [-0.1, -0.05) is 18.2 Å². The van der Waals surface area contributed by atoms with E-state index in [4.69, 9.17) is 4.74 Å². The highest BCUT2D eigenvalue weighted by molar-refractivity contribution is 8.13. The average Bonchev–Trinajstić information content (AvgIpc) is 2.97. The summed E-state index contributed by atoms with van der Waals surface area (Å²) in [7, 11) is 0. The molecule has 5 heteroatoms. The molecule has 0 aliphatic carbocycles. The van der Waals surface area contributed by atoms with Crippen LogP contribution < -0.4 is 9.64 Å². The second kappa shape index (κ2) is 6.97. The highest BCUT2D eigenvalue weighted by atomic mass is 32.2. The molecule has 4 nitrogen and oxygen atoms in total. The summed E-state index contributed by atoms with van der Waals surface area (Å²) in [6, 6.07) is 16.3. The Morgan fingerprint density at radius 2 is 1.96 bits per heavy atom. The number of benzene rings is 2. The van der Waals surface area contributed by atoms with Crippen LogP contribution in [-0.4, -0.2) is 40.3 Å². The van der Waals surface area contributed by atoms with Gasteiger partial charge in [-0.15, -0.1) is 0 Å². The van der Waals surface area contributed by atoms with Crippen molar-refractivity contribution in [2.75, 3.05) is 30.3 Å². The molecular weight excluding hydrogens is 344 g/mol. The molecule has 2 aliphatic heterocycles. The van der Waals surface area contributed by atoms with E-state index >= 15 is 0 Å². The van der Waals surface area contributed by atoms with Crippen LogP contribution in [0.25, 0.3) is 0 Å². The van der Waals surface area contributed by atoms with E-state index in [0.717, 1.165) is 35.2 Å². The van der Waals surface area contributed by atoms with E-state index in [-0.39, 0.29) is 0 Å². The van der Waals surface area contributed by atoms with Gasteiger partial charge in [-0.2, -0.15) is 0 Å². The molecule has 1 N–H and O–H groups in total. The van der Waals surface area contributed by atoms with Crippen LogP contribution in [0, 0.1) is 6.92 Å². The van der Waals surface area contributed by atoms with Gasteiger partial charge < -0.3 is 9.84 Å². The van der Waals surface area contributed by atoms with Crippen molar-refractivity contribution in [3.05, 3.63) is 59.7 Å². The Morgan fingerprint density at radius 1 is 1.19 bits per heavy atom. The van der Waals surface area contributed by atoms with Crippen molar-refractivity contribution in [3.8, 4) is 5.75 Å². The number of hydrogen-bond donors (Lipinski definition) is 1. The summed E-state index contributed by atoms with van der Waals surface area (Å²) in [5.74, 6) is 1.93. The fraction of sp³-hybridized carbons (Fsp3) is 0.381. The lowest BCUT2D eigenvalue weighted by Crippen LogP contribution is -2.41. The SMILES string of the molecule is CCOc1ccc([C@]2(O)CN(c3ccccc3C)C3=[N+]2CCCS3)cc1. The zero-order valence-corrected chi connectivity index (χ0v) is 16.1. The maximum absolute atomic E-state index is 11.7. The largest absolute Gasteiger partial charge is 0.494 e. The summed E-state index contributed by atoms with van der Waals surface area (Å²) in [5.41, 5.74) is 2.29. The summed E-state index contributed by atoms with van der Waals surface area (Å²) in [6.07, 6.45) is 1.08. The minimum atomic E-state index is -1.02. The van der Waals surface area contributed by atoms with E-state index in [2.05, 4.69) is 40.7 Å². The molecule has 0 aromatic heterocycles. The minimum absolute atomic E-state index is 0.536. The minimum Gasteiger partial charge on any atom is -0.494 e. The zero-order valence-electron chi connectivity index (χ0n) is 15.3. The van der Waals surface area contributed by atoms with Crippen molar-refractivity contribution in [3.63, 3.8) is 0 Å². The van der Waals surface area contributed by atoms with Crippen LogP contribution in [0.4, 0.5) is 5.69 Å². The zero-order chi connectivity index (χ0) is 18.1. The van der Waals surface area contributed by atoms with E-state index < -0.39 is 5.72 Å². The second-order valence-electron chi connectivity index (χ2n) is 6.78. The fourth-order valence-electron chi connectivity index (χ4n) is 3.79. The first-order valence-corrected chi connectivity index (χ1v) is 10.2. The molecule has 26 heavy (non-hydrogen) atoms. The summed E-state index contributed by atoms with van der Waals surface area (Å²) in [6.45, 7) is 6.15. The van der Waals surface area contributed by atoms with Gasteiger partial charge in [0.25, 0.3) is 5.72 Å². The quantitative estimate of drug-likeness (QED) is 0.836. The Hall–Kier alpha value is -1.98. The number of nitrogens with zero attached hydrogens (tertiary/aromatic N) is 2. The van der Waals surface area contributed by atoms with Crippen molar-refractivity contribution in [1.29, 1.82) is 0 Å². The molecule has 0 bridgehead atoms. The molecule has 0 saturated heterocycles. The molecule has 2 aliphatic rings. The summed E-state index contributed by atoms with van der Waals surface area (Å²) in [4.78, 5) is 2.27. The first kappa shape index (κ1) is 17.4. The van der Waals surface area contributed by atoms with Gasteiger partial charge in [-0.25, -0.2) is 9.48 Å². The number of anilines is 1. The van der Waals surface area contributed by atoms with Gasteiger partial charge in [0, 0.05) is 11.3 Å². The number of para-hydroxylation sites is 1. The molecule has 2 aromatic rings. The van der Waals surface area contributed by atoms with Gasteiger partial charge in [-0.05, 0) is 67.9 Å². The van der Waals surface area contributed by atoms with Gasteiger partial charge in [-0.3, -0.25) is 0 Å². The number of ether oxygens (including phenoxy) is 1. The number of rotatable bonds is 4. The molecule has 4 rings (SSSR count). The molecule has 0 saturated carbocycles. The van der Waals surface area contributed by atoms with Gasteiger partial charge in [0.15, 0.2) is 6.54 Å². The van der Waals surface area contributed by atoms with Crippen LogP contribution in [0.5, 0.6) is 5.75 Å². The van der Waals surface area contributed by atoms with Gasteiger partial charge in [0.2, 0.25) is 0 Å². The molecule has 0 fully saturated rings. The molecule has 0 spiro atoms. The van der Waals surface area contributed by atoms with Crippen molar-refractivity contribution in [2.24, 2.45) is 0 Å². The van der Waals surface area contributed by atoms with E-state index in [1.165, 1.54) is 11.3 Å². The lowest BCUT2D eigenvalue weighted by molar-refractivity contribution is -0.656. The maximum Gasteiger partial charge on any atom is 0.316 e. The molecule has 0 radical (unpaired) electrons. The van der Waals surface area contributed by atoms with E-state index in [9.17, 15) is 5.11 Å². The number of aliphatic hydroxyl groups is 1. The number of thioether (sulfide) groups is 1. The maximum atomic E-state index is 11.7. The van der Waals surface area contributed by atoms with Crippen LogP contribution in [0.2, 0.25) is 0 Å². The summed E-state index contributed by atoms with van der Waals surface area (Å²) < 4.78 is 7.72. The molecule has 0 unspecified atom stereocenters. The van der Waals surface area contributed by atoms with E-state index in [1.807, 2.05) is 43.0 Å². The predicted molar refractivity (Wildman–Crippen MR) is 107 cm³/mol. The Balaban J connectivity index is 1.75. The molecule has 2 aromatic carbocycles. The van der Waals surface area contributed by atoms with Crippen molar-refractivity contribution in [2.45, 2.75) is 26.0 Å². The van der Waals surface area contributed by atoms with Crippen LogP contribution in [0.3, 0.4) is 0 Å². The summed E-state index contributed by atoms with van der Waals surface area (Å²) in [5, 5.41) is 12.9. The Kier molecular flexibility index (Phi) is 4.67. The lowest BCUT2D eigenvalue weighted by Gasteiger charge is -2.24. The molecule has 0 amide bonds. The molecule has 1 atom stereocenters. The third kappa shape index (κ3) is 2.89. The van der Waals surface area contributed by atoms with Crippen molar-refractivity contribution in [1.82, 2.24) is 0 Å². The Morgan fingerprint density at radius 3 is 2.69 bits per heavy atom. The van der Waals surface area contributed by atoms with E-state index in [1.54, 1.807) is 0 Å². The van der Waals surface area contributed by atoms with Crippen molar-refractivity contribution >= 4 is 22.6 Å². The third-order valence-corrected chi connectivity index (χ3v) is 6.27. The first-order chi connectivity index (χ1) is 12.6. The van der Waals surface area contributed by atoms with Gasteiger partial charge in [0.1, 0.15) is 11.4 Å². The smallest absolute Gasteiger partial charge is 0.316 e. The fourth-order valence-corrected chi connectivity index (χ4v) is 4.96. The van der Waals surface area contributed by atoms with Crippen LogP contribution >= 0.6 is 11.8 Å². The van der Waals surface area contributed by atoms with Crippen LogP contribution in [-0.2, 0) is 5.72 Å². The normalized spacial score (nSPS) is 22.5. The molecule has 2 heterocycles. The Bertz CT molecular complexity index is 834. The standard InChI is InChI=1S/C21H25N2O2S/c1-3-25-18-11-9-17(10-12-18)21(24)15-22(19-8-5-4-7-16(19)2)20-23(21)13-6-14-26-20/h4-5,7-12,24H,3,6,13-15H2,1-2H3/q+1/t21-/m1/s1. The molecular formula is C21H25N2O2S+. The number of hydrogen-bond acceptors (Lipinski definition) is 4. The third-order valence-electron chi connectivity index (χ3n) is 5.08. The lowest BCUT2D eigenvalue weighted by atomic mass is 10.0. The summed E-state index contributed by atoms with van der Waals surface area (Å²) >= 11 is 1.84. The first-order valence-electron chi connectivity index (χ1n) is 9.20. The van der Waals surface area contributed by atoms with E-state index in [0.29, 0.717) is 13.2 Å². The Labute approximate surface area is 159 Å². The highest BCUT2D eigenvalue weighted by Crippen LogP contribution is 2.38. The van der Waals surface area contributed by atoms with Crippen molar-refractivity contribution < 1.29 is 14.4 Å². The van der Waals surface area contributed by atoms with Crippen LogP contribution in [0.1, 0.15) is 24.5 Å². The second-order valence-corrected chi connectivity index (χ2v) is 7.84. The van der Waals surface area contributed by atoms with Gasteiger partial charge >= 0.3 is 5.17 Å². The van der Waals surface area contributed by atoms with Crippen LogP contribution in [0.15, 0.2) is 48.5 Å². The number of amidine groups is 1. The van der Waals surface area contributed by atoms with Gasteiger partial charge in [0.05, 0.1) is 13.2 Å². The highest BCUT2D eigenvalue weighted by Gasteiger charge is 2.53.